The number of nitrogens with one attached hydrogen (secondary N) is 3. The van der Waals surface area contributed by atoms with Crippen molar-refractivity contribution in [2.45, 2.75) is 71.5 Å². The van der Waals surface area contributed by atoms with Gasteiger partial charge in [0.25, 0.3) is 0 Å². The number of fused-ring (bicyclic) bond motifs is 1. The molecule has 2 aromatic carbocycles. The fraction of sp³-hybridized carbons (Fsp3) is 0.433. The molecule has 1 aliphatic carbocycles. The number of rotatable bonds is 8. The number of imidazole rings is 1. The predicted molar refractivity (Wildman–Crippen MR) is 147 cm³/mol. The molecule has 208 valence electrons. The Morgan fingerprint density at radius 3 is 2.51 bits per heavy atom. The first-order chi connectivity index (χ1) is 18.3. The summed E-state index contributed by atoms with van der Waals surface area (Å²) in [7, 11) is 0. The van der Waals surface area contributed by atoms with Crippen LogP contribution in [0.15, 0.2) is 55.0 Å². The first-order valence-electron chi connectivity index (χ1n) is 13.2. The molecule has 0 fully saturated rings. The minimum atomic E-state index is -0.919. The molecule has 0 saturated heterocycles. The monoisotopic (exact) mass is 537 g/mol. The van der Waals surface area contributed by atoms with E-state index in [0.717, 1.165) is 11.6 Å². The van der Waals surface area contributed by atoms with E-state index in [4.69, 9.17) is 0 Å². The summed E-state index contributed by atoms with van der Waals surface area (Å²) in [5.41, 5.74) is 0.935. The fourth-order valence-electron chi connectivity index (χ4n) is 4.70. The molecule has 2 amide bonds. The number of aromatic nitrogens is 2. The van der Waals surface area contributed by atoms with E-state index in [9.17, 15) is 18.4 Å². The highest BCUT2D eigenvalue weighted by Gasteiger charge is 2.32. The zero-order valence-electron chi connectivity index (χ0n) is 23.1. The van der Waals surface area contributed by atoms with Crippen LogP contribution in [-0.4, -0.2) is 34.0 Å². The second-order valence-electron chi connectivity index (χ2n) is 11.9. The average molecular weight is 538 g/mol. The van der Waals surface area contributed by atoms with Crippen molar-refractivity contribution in [1.82, 2.24) is 20.2 Å². The van der Waals surface area contributed by atoms with E-state index in [1.807, 2.05) is 51.1 Å². The summed E-state index contributed by atoms with van der Waals surface area (Å²) in [5.74, 6) is -1.30. The van der Waals surface area contributed by atoms with Crippen LogP contribution in [0.25, 0.3) is 0 Å². The Hall–Kier alpha value is -3.59. The fourth-order valence-corrected chi connectivity index (χ4v) is 4.70. The highest BCUT2D eigenvalue weighted by atomic mass is 19.1. The summed E-state index contributed by atoms with van der Waals surface area (Å²) >= 11 is 0. The van der Waals surface area contributed by atoms with Crippen molar-refractivity contribution in [2.24, 2.45) is 5.41 Å². The van der Waals surface area contributed by atoms with Gasteiger partial charge in [0.05, 0.1) is 6.33 Å². The Labute approximate surface area is 228 Å². The third-order valence-corrected chi connectivity index (χ3v) is 7.08. The van der Waals surface area contributed by atoms with Crippen molar-refractivity contribution in [3.05, 3.63) is 83.3 Å². The molecule has 1 aliphatic rings. The molecule has 3 N–H and O–H groups in total. The number of anilines is 1. The first kappa shape index (κ1) is 28.4. The number of hydrogen-bond donors (Lipinski definition) is 3. The van der Waals surface area contributed by atoms with E-state index >= 15 is 0 Å². The molecule has 1 heterocycles. The maximum absolute atomic E-state index is 14.5. The van der Waals surface area contributed by atoms with E-state index in [1.54, 1.807) is 24.6 Å². The van der Waals surface area contributed by atoms with Crippen molar-refractivity contribution >= 4 is 17.6 Å². The second-order valence-corrected chi connectivity index (χ2v) is 11.9. The first-order valence-corrected chi connectivity index (χ1v) is 13.2. The summed E-state index contributed by atoms with van der Waals surface area (Å²) in [6.45, 7) is 10.2. The molecule has 1 unspecified atom stereocenters. The molecule has 3 aromatic rings. The summed E-state index contributed by atoms with van der Waals surface area (Å²) in [6, 6.07) is 10.7. The number of carbonyl (C=O) groups is 2. The minimum absolute atomic E-state index is 0.0539. The van der Waals surface area contributed by atoms with Crippen LogP contribution in [0.3, 0.4) is 0 Å². The molecule has 7 nitrogen and oxygen atoms in total. The van der Waals surface area contributed by atoms with Crippen LogP contribution in [0.1, 0.15) is 63.8 Å². The Balaban J connectivity index is 1.49. The maximum Gasteiger partial charge on any atom is 0.247 e. The SMILES string of the molecule is CC(C)(C)CNC(=O)C(C)(C)n1cnc(NC(=O)[C@@H](NC2CCc3cc(F)cc(F)c3C2)c2ccccc2)c1. The smallest absolute Gasteiger partial charge is 0.247 e. The summed E-state index contributed by atoms with van der Waals surface area (Å²) in [4.78, 5) is 30.7. The van der Waals surface area contributed by atoms with Gasteiger partial charge in [0, 0.05) is 24.8 Å². The molecule has 2 atom stereocenters. The van der Waals surface area contributed by atoms with Crippen LogP contribution in [0.4, 0.5) is 14.6 Å². The van der Waals surface area contributed by atoms with Gasteiger partial charge in [0.1, 0.15) is 23.2 Å². The van der Waals surface area contributed by atoms with Crippen molar-refractivity contribution in [3.63, 3.8) is 0 Å². The third kappa shape index (κ3) is 6.89. The lowest BCUT2D eigenvalue weighted by atomic mass is 9.87. The standard InChI is InChI=1S/C30H37F2N5O2/c1-29(2,3)17-33-28(39)30(4,5)37-16-25(34-18-37)36-27(38)26(19-9-7-6-8-10-19)35-22-12-11-20-13-21(31)14-24(32)23(20)15-22/h6-10,13-14,16,18,22,26,35H,11-12,15,17H2,1-5H3,(H,33,39)(H,36,38)/t22?,26-/m0/s1. The Morgan fingerprint density at radius 1 is 1.10 bits per heavy atom. The van der Waals surface area contributed by atoms with Gasteiger partial charge in [-0.05, 0) is 61.3 Å². The lowest BCUT2D eigenvalue weighted by molar-refractivity contribution is -0.128. The second kappa shape index (κ2) is 11.3. The predicted octanol–water partition coefficient (Wildman–Crippen LogP) is 4.89. The van der Waals surface area contributed by atoms with Crippen molar-refractivity contribution < 1.29 is 18.4 Å². The molecular weight excluding hydrogens is 500 g/mol. The van der Waals surface area contributed by atoms with Crippen molar-refractivity contribution in [3.8, 4) is 0 Å². The number of carbonyl (C=O) groups excluding carboxylic acids is 2. The third-order valence-electron chi connectivity index (χ3n) is 7.08. The van der Waals surface area contributed by atoms with Gasteiger partial charge in [0.15, 0.2) is 5.82 Å². The van der Waals surface area contributed by atoms with Gasteiger partial charge in [-0.1, -0.05) is 51.1 Å². The minimum Gasteiger partial charge on any atom is -0.354 e. The highest BCUT2D eigenvalue weighted by Crippen LogP contribution is 2.27. The largest absolute Gasteiger partial charge is 0.354 e. The van der Waals surface area contributed by atoms with Gasteiger partial charge >= 0.3 is 0 Å². The normalized spacial score (nSPS) is 16.3. The van der Waals surface area contributed by atoms with Crippen LogP contribution in [0.5, 0.6) is 0 Å². The van der Waals surface area contributed by atoms with Gasteiger partial charge < -0.3 is 15.2 Å². The number of benzene rings is 2. The van der Waals surface area contributed by atoms with Gasteiger partial charge in [-0.3, -0.25) is 14.9 Å². The zero-order chi connectivity index (χ0) is 28.4. The van der Waals surface area contributed by atoms with Crippen molar-refractivity contribution in [2.75, 3.05) is 11.9 Å². The molecule has 0 radical (unpaired) electrons. The van der Waals surface area contributed by atoms with Crippen LogP contribution < -0.4 is 16.0 Å². The van der Waals surface area contributed by atoms with E-state index in [-0.39, 0.29) is 23.3 Å². The van der Waals surface area contributed by atoms with E-state index in [0.29, 0.717) is 42.8 Å². The van der Waals surface area contributed by atoms with E-state index < -0.39 is 23.2 Å². The molecule has 4 rings (SSSR count). The molecule has 0 aliphatic heterocycles. The maximum atomic E-state index is 14.5. The molecule has 1 aromatic heterocycles. The topological polar surface area (TPSA) is 88.1 Å². The van der Waals surface area contributed by atoms with Gasteiger partial charge in [0.2, 0.25) is 11.8 Å². The number of hydrogen-bond acceptors (Lipinski definition) is 4. The summed E-state index contributed by atoms with van der Waals surface area (Å²) in [6.07, 6.45) is 4.67. The lowest BCUT2D eigenvalue weighted by Gasteiger charge is -2.30. The molecule has 9 heteroatoms. The number of halogens is 2. The number of amides is 2. The number of nitrogens with zero attached hydrogens (tertiary/aromatic N) is 2. The number of aryl methyl sites for hydroxylation is 1. The summed E-state index contributed by atoms with van der Waals surface area (Å²) < 4.78 is 29.8. The molecular formula is C30H37F2N5O2. The Kier molecular flexibility index (Phi) is 8.20. The van der Waals surface area contributed by atoms with E-state index in [2.05, 4.69) is 20.9 Å². The van der Waals surface area contributed by atoms with Gasteiger partial charge in [-0.15, -0.1) is 0 Å². The van der Waals surface area contributed by atoms with Crippen LogP contribution in [-0.2, 0) is 28.0 Å². The van der Waals surface area contributed by atoms with Gasteiger partial charge in [-0.25, -0.2) is 13.8 Å². The highest BCUT2D eigenvalue weighted by molar-refractivity contribution is 5.95. The van der Waals surface area contributed by atoms with Gasteiger partial charge in [-0.2, -0.15) is 0 Å². The van der Waals surface area contributed by atoms with Crippen LogP contribution in [0, 0.1) is 17.0 Å². The van der Waals surface area contributed by atoms with E-state index in [1.165, 1.54) is 12.4 Å². The molecule has 0 saturated carbocycles. The van der Waals surface area contributed by atoms with Crippen LogP contribution >= 0.6 is 0 Å². The molecule has 0 spiro atoms. The Bertz CT molecular complexity index is 1330. The summed E-state index contributed by atoms with van der Waals surface area (Å²) in [5, 5.41) is 9.24. The Morgan fingerprint density at radius 2 is 1.82 bits per heavy atom. The average Bonchev–Trinajstić information content (AvgIpc) is 3.35. The zero-order valence-corrected chi connectivity index (χ0v) is 23.1. The molecule has 39 heavy (non-hydrogen) atoms. The van der Waals surface area contributed by atoms with Crippen LogP contribution in [0.2, 0.25) is 0 Å². The quantitative estimate of drug-likeness (QED) is 0.382. The van der Waals surface area contributed by atoms with Crippen molar-refractivity contribution in [1.29, 1.82) is 0 Å². The molecule has 0 bridgehead atoms. The lowest BCUT2D eigenvalue weighted by Crippen LogP contribution is -2.46.